The van der Waals surface area contributed by atoms with Crippen molar-refractivity contribution in [3.8, 4) is 5.75 Å². The lowest BCUT2D eigenvalue weighted by Crippen LogP contribution is -2.28. The van der Waals surface area contributed by atoms with E-state index in [9.17, 15) is 0 Å². The normalized spacial score (nSPS) is 12.4. The van der Waals surface area contributed by atoms with Gasteiger partial charge in [0.1, 0.15) is 5.75 Å². The summed E-state index contributed by atoms with van der Waals surface area (Å²) in [5.41, 5.74) is 3.96. The molecule has 0 aliphatic carbocycles. The monoisotopic (exact) mass is 251 g/mol. The number of nitrogens with zero attached hydrogens (tertiary/aromatic N) is 1. The number of pyridine rings is 1. The Morgan fingerprint density at radius 1 is 1.28 bits per heavy atom. The van der Waals surface area contributed by atoms with Gasteiger partial charge in [0, 0.05) is 12.2 Å². The fraction of sp³-hybridized carbons (Fsp3) is 0.643. The highest BCUT2D eigenvalue weighted by Gasteiger charge is 2.10. The number of ether oxygens (including phenoxy) is 1. The van der Waals surface area contributed by atoms with E-state index in [0.29, 0.717) is 0 Å². The summed E-state index contributed by atoms with van der Waals surface area (Å²) < 4.78 is 5.18. The van der Waals surface area contributed by atoms with Gasteiger partial charge in [-0.05, 0) is 18.1 Å². The predicted octanol–water partition coefficient (Wildman–Crippen LogP) is 2.96. The first kappa shape index (κ1) is 14.9. The Bertz CT molecular complexity index is 331. The number of unbranched alkanes of at least 4 members (excludes halogenated alkanes) is 4. The summed E-state index contributed by atoms with van der Waals surface area (Å²) in [6.45, 7) is 2.23. The largest absolute Gasteiger partial charge is 0.495 e. The molecule has 1 heterocycles. The number of nitrogens with two attached hydrogens (primary N) is 1. The van der Waals surface area contributed by atoms with Crippen molar-refractivity contribution in [1.29, 1.82) is 0 Å². The third kappa shape index (κ3) is 5.02. The number of nitrogens with one attached hydrogen (secondary N) is 1. The third-order valence-electron chi connectivity index (χ3n) is 3.17. The van der Waals surface area contributed by atoms with E-state index >= 15 is 0 Å². The molecular formula is C14H25N3O. The Labute approximate surface area is 110 Å². The number of rotatable bonds is 9. The zero-order chi connectivity index (χ0) is 13.2. The van der Waals surface area contributed by atoms with Crippen LogP contribution in [0, 0.1) is 0 Å². The topological polar surface area (TPSA) is 60.2 Å². The SMILES string of the molecule is CCCCCCCC(NN)c1cncc(OC)c1. The first-order valence-corrected chi connectivity index (χ1v) is 6.76. The standard InChI is InChI=1S/C14H25N3O/c1-3-4-5-6-7-8-14(17-15)12-9-13(18-2)11-16-10-12/h9-11,14,17H,3-8,15H2,1-2H3. The summed E-state index contributed by atoms with van der Waals surface area (Å²) in [6.07, 6.45) is 11.0. The van der Waals surface area contributed by atoms with E-state index in [2.05, 4.69) is 17.3 Å². The Hall–Kier alpha value is -1.13. The quantitative estimate of drug-likeness (QED) is 0.402. The molecule has 1 aromatic rings. The van der Waals surface area contributed by atoms with E-state index in [4.69, 9.17) is 10.6 Å². The van der Waals surface area contributed by atoms with Gasteiger partial charge in [-0.3, -0.25) is 16.3 Å². The number of aromatic nitrogens is 1. The van der Waals surface area contributed by atoms with Crippen molar-refractivity contribution in [3.63, 3.8) is 0 Å². The van der Waals surface area contributed by atoms with Crippen molar-refractivity contribution in [3.05, 3.63) is 24.0 Å². The maximum absolute atomic E-state index is 5.62. The van der Waals surface area contributed by atoms with Crippen molar-refractivity contribution in [2.45, 2.75) is 51.5 Å². The molecule has 0 saturated carbocycles. The lowest BCUT2D eigenvalue weighted by atomic mass is 10.0. The highest BCUT2D eigenvalue weighted by molar-refractivity contribution is 5.25. The van der Waals surface area contributed by atoms with Gasteiger partial charge in [-0.2, -0.15) is 0 Å². The van der Waals surface area contributed by atoms with Gasteiger partial charge >= 0.3 is 0 Å². The van der Waals surface area contributed by atoms with Crippen LogP contribution in [0.5, 0.6) is 5.75 Å². The average molecular weight is 251 g/mol. The average Bonchev–Trinajstić information content (AvgIpc) is 2.43. The molecule has 0 radical (unpaired) electrons. The van der Waals surface area contributed by atoms with Crippen LogP contribution in [0.1, 0.15) is 57.1 Å². The lowest BCUT2D eigenvalue weighted by molar-refractivity contribution is 0.409. The fourth-order valence-electron chi connectivity index (χ4n) is 2.04. The predicted molar refractivity (Wildman–Crippen MR) is 74.2 cm³/mol. The zero-order valence-corrected chi connectivity index (χ0v) is 11.5. The van der Waals surface area contributed by atoms with Gasteiger partial charge in [0.25, 0.3) is 0 Å². The van der Waals surface area contributed by atoms with Gasteiger partial charge in [-0.15, -0.1) is 0 Å². The molecule has 0 spiro atoms. The summed E-state index contributed by atoms with van der Waals surface area (Å²) >= 11 is 0. The highest BCUT2D eigenvalue weighted by atomic mass is 16.5. The number of methoxy groups -OCH3 is 1. The molecule has 0 saturated heterocycles. The third-order valence-corrected chi connectivity index (χ3v) is 3.17. The van der Waals surface area contributed by atoms with Crippen molar-refractivity contribution >= 4 is 0 Å². The molecule has 0 amide bonds. The summed E-state index contributed by atoms with van der Waals surface area (Å²) in [4.78, 5) is 4.16. The van der Waals surface area contributed by atoms with E-state index in [0.717, 1.165) is 17.7 Å². The molecule has 0 aliphatic rings. The number of hydrogen-bond acceptors (Lipinski definition) is 4. The van der Waals surface area contributed by atoms with E-state index in [-0.39, 0.29) is 6.04 Å². The van der Waals surface area contributed by atoms with Gasteiger partial charge in [-0.25, -0.2) is 0 Å². The molecule has 0 bridgehead atoms. The van der Waals surface area contributed by atoms with Crippen LogP contribution in [0.3, 0.4) is 0 Å². The van der Waals surface area contributed by atoms with Crippen molar-refractivity contribution in [2.24, 2.45) is 5.84 Å². The molecule has 1 unspecified atom stereocenters. The first-order chi connectivity index (χ1) is 8.81. The van der Waals surface area contributed by atoms with Crippen LogP contribution in [0.4, 0.5) is 0 Å². The molecule has 102 valence electrons. The van der Waals surface area contributed by atoms with Gasteiger partial charge in [0.15, 0.2) is 0 Å². The Kier molecular flexibility index (Phi) is 7.37. The fourth-order valence-corrected chi connectivity index (χ4v) is 2.04. The Morgan fingerprint density at radius 2 is 2.06 bits per heavy atom. The van der Waals surface area contributed by atoms with E-state index in [1.807, 2.05) is 12.3 Å². The summed E-state index contributed by atoms with van der Waals surface area (Å²) in [5.74, 6) is 6.40. The molecule has 18 heavy (non-hydrogen) atoms. The van der Waals surface area contributed by atoms with Gasteiger partial charge in [-0.1, -0.05) is 39.0 Å². The second kappa shape index (κ2) is 8.89. The number of hydrazine groups is 1. The molecule has 1 aromatic heterocycles. The molecule has 0 fully saturated rings. The Morgan fingerprint density at radius 3 is 2.72 bits per heavy atom. The summed E-state index contributed by atoms with van der Waals surface area (Å²) in [7, 11) is 1.65. The van der Waals surface area contributed by atoms with E-state index in [1.54, 1.807) is 13.3 Å². The molecule has 0 aliphatic heterocycles. The van der Waals surface area contributed by atoms with Gasteiger partial charge in [0.05, 0.1) is 13.3 Å². The van der Waals surface area contributed by atoms with Crippen LogP contribution in [0.2, 0.25) is 0 Å². The molecule has 1 rings (SSSR count). The number of hydrogen-bond donors (Lipinski definition) is 2. The van der Waals surface area contributed by atoms with Crippen molar-refractivity contribution in [2.75, 3.05) is 7.11 Å². The summed E-state index contributed by atoms with van der Waals surface area (Å²) in [5, 5.41) is 0. The van der Waals surface area contributed by atoms with Crippen molar-refractivity contribution < 1.29 is 4.74 Å². The van der Waals surface area contributed by atoms with Gasteiger partial charge in [0.2, 0.25) is 0 Å². The molecule has 3 N–H and O–H groups in total. The van der Waals surface area contributed by atoms with Crippen LogP contribution in [-0.2, 0) is 0 Å². The smallest absolute Gasteiger partial charge is 0.137 e. The zero-order valence-electron chi connectivity index (χ0n) is 11.5. The lowest BCUT2D eigenvalue weighted by Gasteiger charge is -2.16. The molecule has 4 nitrogen and oxygen atoms in total. The van der Waals surface area contributed by atoms with Crippen LogP contribution < -0.4 is 16.0 Å². The minimum Gasteiger partial charge on any atom is -0.495 e. The minimum atomic E-state index is 0.161. The van der Waals surface area contributed by atoms with Crippen LogP contribution in [-0.4, -0.2) is 12.1 Å². The highest BCUT2D eigenvalue weighted by Crippen LogP contribution is 2.22. The van der Waals surface area contributed by atoms with Crippen LogP contribution in [0.25, 0.3) is 0 Å². The second-order valence-corrected chi connectivity index (χ2v) is 4.58. The molecular weight excluding hydrogens is 226 g/mol. The van der Waals surface area contributed by atoms with E-state index in [1.165, 1.54) is 32.1 Å². The van der Waals surface area contributed by atoms with E-state index < -0.39 is 0 Å². The van der Waals surface area contributed by atoms with Crippen molar-refractivity contribution in [1.82, 2.24) is 10.4 Å². The Balaban J connectivity index is 2.44. The molecule has 4 heteroatoms. The summed E-state index contributed by atoms with van der Waals surface area (Å²) in [6, 6.07) is 2.15. The minimum absolute atomic E-state index is 0.161. The van der Waals surface area contributed by atoms with Gasteiger partial charge < -0.3 is 4.74 Å². The molecule has 1 atom stereocenters. The van der Waals surface area contributed by atoms with Crippen LogP contribution >= 0.6 is 0 Å². The maximum atomic E-state index is 5.62. The second-order valence-electron chi connectivity index (χ2n) is 4.58. The first-order valence-electron chi connectivity index (χ1n) is 6.76. The maximum Gasteiger partial charge on any atom is 0.137 e. The van der Waals surface area contributed by atoms with Crippen LogP contribution in [0.15, 0.2) is 18.5 Å². The molecule has 0 aromatic carbocycles.